The van der Waals surface area contributed by atoms with Gasteiger partial charge in [-0.25, -0.2) is 0 Å². The van der Waals surface area contributed by atoms with Crippen molar-refractivity contribution in [2.24, 2.45) is 0 Å². The van der Waals surface area contributed by atoms with E-state index in [2.05, 4.69) is 24.4 Å². The predicted molar refractivity (Wildman–Crippen MR) is 101 cm³/mol. The summed E-state index contributed by atoms with van der Waals surface area (Å²) in [4.78, 5) is 12.2. The summed E-state index contributed by atoms with van der Waals surface area (Å²) < 4.78 is 0. The van der Waals surface area contributed by atoms with Gasteiger partial charge in [-0.15, -0.1) is 11.8 Å². The number of carbonyl (C=O) groups excluding carboxylic acids is 1. The molecule has 0 saturated carbocycles. The lowest BCUT2D eigenvalue weighted by atomic mass is 10.1. The number of hydrogen-bond donors (Lipinski definition) is 2. The van der Waals surface area contributed by atoms with Crippen LogP contribution < -0.4 is 5.32 Å². The second kappa shape index (κ2) is 9.50. The van der Waals surface area contributed by atoms with E-state index in [1.165, 1.54) is 11.1 Å². The minimum Gasteiger partial charge on any atom is -0.392 e. The summed E-state index contributed by atoms with van der Waals surface area (Å²) in [5.74, 6) is 0.874. The van der Waals surface area contributed by atoms with E-state index in [1.54, 1.807) is 11.8 Å². The van der Waals surface area contributed by atoms with Crippen molar-refractivity contribution >= 4 is 17.7 Å². The summed E-state index contributed by atoms with van der Waals surface area (Å²) in [5, 5.41) is 12.0. The van der Waals surface area contributed by atoms with Gasteiger partial charge in [0, 0.05) is 12.3 Å². The number of carbonyl (C=O) groups is 1. The third-order valence-corrected chi connectivity index (χ3v) is 5.24. The van der Waals surface area contributed by atoms with Gasteiger partial charge in [-0.05, 0) is 42.5 Å². The van der Waals surface area contributed by atoms with Crippen molar-refractivity contribution in [3.05, 3.63) is 70.8 Å². The highest BCUT2D eigenvalue weighted by Gasteiger charge is 2.13. The number of benzene rings is 2. The Morgan fingerprint density at radius 3 is 2.46 bits per heavy atom. The van der Waals surface area contributed by atoms with Gasteiger partial charge in [-0.3, -0.25) is 4.79 Å². The van der Waals surface area contributed by atoms with E-state index in [0.717, 1.165) is 23.3 Å². The lowest BCUT2D eigenvalue weighted by molar-refractivity contribution is -0.120. The number of rotatable bonds is 8. The van der Waals surface area contributed by atoms with Gasteiger partial charge < -0.3 is 10.4 Å². The molecule has 0 saturated heterocycles. The zero-order valence-electron chi connectivity index (χ0n) is 14.3. The Morgan fingerprint density at radius 1 is 1.12 bits per heavy atom. The molecule has 24 heavy (non-hydrogen) atoms. The SMILES string of the molecule is Cc1ccccc1CCNC(=O)C(C)SCc1ccc(CO)cc1. The van der Waals surface area contributed by atoms with Gasteiger partial charge in [0.15, 0.2) is 0 Å². The minimum atomic E-state index is -0.0839. The lowest BCUT2D eigenvalue weighted by Crippen LogP contribution is -2.32. The number of amides is 1. The van der Waals surface area contributed by atoms with Crippen LogP contribution >= 0.6 is 11.8 Å². The van der Waals surface area contributed by atoms with Crippen LogP contribution in [0, 0.1) is 6.92 Å². The van der Waals surface area contributed by atoms with Gasteiger partial charge in [-0.1, -0.05) is 48.5 Å². The third kappa shape index (κ3) is 5.69. The van der Waals surface area contributed by atoms with Crippen molar-refractivity contribution in [2.75, 3.05) is 6.54 Å². The number of hydrogen-bond acceptors (Lipinski definition) is 3. The van der Waals surface area contributed by atoms with E-state index in [4.69, 9.17) is 5.11 Å². The fourth-order valence-electron chi connectivity index (χ4n) is 2.39. The first-order valence-electron chi connectivity index (χ1n) is 8.22. The fraction of sp³-hybridized carbons (Fsp3) is 0.350. The monoisotopic (exact) mass is 343 g/mol. The van der Waals surface area contributed by atoms with Crippen LogP contribution in [0.25, 0.3) is 0 Å². The molecule has 0 spiro atoms. The van der Waals surface area contributed by atoms with E-state index >= 15 is 0 Å². The van der Waals surface area contributed by atoms with Gasteiger partial charge in [0.2, 0.25) is 5.91 Å². The number of thioether (sulfide) groups is 1. The van der Waals surface area contributed by atoms with Crippen molar-refractivity contribution in [3.8, 4) is 0 Å². The molecule has 2 N–H and O–H groups in total. The predicted octanol–water partition coefficient (Wildman–Crippen LogP) is 3.47. The standard InChI is InChI=1S/C20H25NO2S/c1-15-5-3-4-6-19(15)11-12-21-20(23)16(2)24-14-18-9-7-17(13-22)8-10-18/h3-10,16,22H,11-14H2,1-2H3,(H,21,23). The highest BCUT2D eigenvalue weighted by Crippen LogP contribution is 2.18. The molecule has 0 bridgehead atoms. The zero-order chi connectivity index (χ0) is 17.4. The largest absolute Gasteiger partial charge is 0.392 e. The highest BCUT2D eigenvalue weighted by molar-refractivity contribution is 7.99. The molecule has 2 aromatic rings. The first-order valence-corrected chi connectivity index (χ1v) is 9.27. The van der Waals surface area contributed by atoms with Gasteiger partial charge in [-0.2, -0.15) is 0 Å². The summed E-state index contributed by atoms with van der Waals surface area (Å²) in [5.41, 5.74) is 4.62. The Kier molecular flexibility index (Phi) is 7.35. The van der Waals surface area contributed by atoms with E-state index in [1.807, 2.05) is 43.3 Å². The molecule has 0 heterocycles. The molecule has 3 nitrogen and oxygen atoms in total. The molecule has 2 aromatic carbocycles. The van der Waals surface area contributed by atoms with E-state index in [9.17, 15) is 4.79 Å². The molecule has 0 aliphatic heterocycles. The van der Waals surface area contributed by atoms with Crippen LogP contribution in [-0.2, 0) is 23.6 Å². The molecule has 4 heteroatoms. The Hall–Kier alpha value is -1.78. The molecule has 1 amide bonds. The first-order chi connectivity index (χ1) is 11.6. The molecule has 0 radical (unpaired) electrons. The molecule has 0 aliphatic carbocycles. The number of nitrogens with one attached hydrogen (secondary N) is 1. The Morgan fingerprint density at radius 2 is 1.79 bits per heavy atom. The summed E-state index contributed by atoms with van der Waals surface area (Å²) in [6, 6.07) is 16.1. The fourth-order valence-corrected chi connectivity index (χ4v) is 3.26. The summed E-state index contributed by atoms with van der Waals surface area (Å²) in [7, 11) is 0. The second-order valence-electron chi connectivity index (χ2n) is 5.90. The molecular formula is C20H25NO2S. The van der Waals surface area contributed by atoms with Crippen LogP contribution in [0.1, 0.15) is 29.2 Å². The maximum atomic E-state index is 12.2. The highest BCUT2D eigenvalue weighted by atomic mass is 32.2. The zero-order valence-corrected chi connectivity index (χ0v) is 15.1. The number of aliphatic hydroxyl groups is 1. The molecular weight excluding hydrogens is 318 g/mol. The minimum absolute atomic E-state index is 0.0626. The van der Waals surface area contributed by atoms with Crippen LogP contribution in [0.4, 0.5) is 0 Å². The van der Waals surface area contributed by atoms with Gasteiger partial charge in [0.1, 0.15) is 0 Å². The van der Waals surface area contributed by atoms with Crippen molar-refractivity contribution in [2.45, 2.75) is 37.9 Å². The maximum Gasteiger partial charge on any atom is 0.232 e. The molecule has 128 valence electrons. The van der Waals surface area contributed by atoms with Gasteiger partial charge in [0.25, 0.3) is 0 Å². The van der Waals surface area contributed by atoms with Crippen molar-refractivity contribution < 1.29 is 9.90 Å². The van der Waals surface area contributed by atoms with E-state index in [0.29, 0.717) is 6.54 Å². The van der Waals surface area contributed by atoms with Crippen LogP contribution in [0.15, 0.2) is 48.5 Å². The molecule has 2 rings (SSSR count). The quantitative estimate of drug-likeness (QED) is 0.772. The van der Waals surface area contributed by atoms with Crippen LogP contribution in [0.3, 0.4) is 0 Å². The molecule has 0 aliphatic rings. The van der Waals surface area contributed by atoms with Crippen LogP contribution in [0.5, 0.6) is 0 Å². The van der Waals surface area contributed by atoms with Gasteiger partial charge >= 0.3 is 0 Å². The topological polar surface area (TPSA) is 49.3 Å². The summed E-state index contributed by atoms with van der Waals surface area (Å²) in [6.45, 7) is 4.76. The van der Waals surface area contributed by atoms with Crippen LogP contribution in [0.2, 0.25) is 0 Å². The normalized spacial score (nSPS) is 12.0. The van der Waals surface area contributed by atoms with Gasteiger partial charge in [0.05, 0.1) is 11.9 Å². The molecule has 1 unspecified atom stereocenters. The van der Waals surface area contributed by atoms with Crippen LogP contribution in [-0.4, -0.2) is 22.8 Å². The number of aliphatic hydroxyl groups excluding tert-OH is 1. The van der Waals surface area contributed by atoms with E-state index in [-0.39, 0.29) is 17.8 Å². The Balaban J connectivity index is 1.72. The van der Waals surface area contributed by atoms with Crippen molar-refractivity contribution in [1.82, 2.24) is 5.32 Å². The van der Waals surface area contributed by atoms with Crippen molar-refractivity contribution in [3.63, 3.8) is 0 Å². The smallest absolute Gasteiger partial charge is 0.232 e. The van der Waals surface area contributed by atoms with Crippen molar-refractivity contribution in [1.29, 1.82) is 0 Å². The van der Waals surface area contributed by atoms with E-state index < -0.39 is 0 Å². The lowest BCUT2D eigenvalue weighted by Gasteiger charge is -2.13. The summed E-state index contributed by atoms with van der Waals surface area (Å²) in [6.07, 6.45) is 0.860. The summed E-state index contributed by atoms with van der Waals surface area (Å²) >= 11 is 1.63. The third-order valence-electron chi connectivity index (χ3n) is 4.03. The first kappa shape index (κ1) is 18.6. The maximum absolute atomic E-state index is 12.2. The number of aryl methyl sites for hydroxylation is 1. The molecule has 0 aromatic heterocycles. The molecule has 0 fully saturated rings. The Bertz CT molecular complexity index is 655. The molecule has 1 atom stereocenters. The Labute approximate surface area is 148 Å². The average molecular weight is 343 g/mol. The second-order valence-corrected chi connectivity index (χ2v) is 7.22. The average Bonchev–Trinajstić information content (AvgIpc) is 2.61.